The zero-order chi connectivity index (χ0) is 15.1. The number of fused-ring (bicyclic) bond motifs is 2. The molecule has 2 amide bonds. The fourth-order valence-corrected chi connectivity index (χ4v) is 3.35. The molecule has 0 radical (unpaired) electrons. The van der Waals surface area contributed by atoms with Crippen LogP contribution < -0.4 is 4.74 Å². The third-order valence-corrected chi connectivity index (χ3v) is 4.56. The number of amides is 2. The Bertz CT molecular complexity index is 631. The summed E-state index contributed by atoms with van der Waals surface area (Å²) in [6, 6.07) is 5.65. The fraction of sp³-hybridized carbons (Fsp3) is 0.500. The van der Waals surface area contributed by atoms with Gasteiger partial charge in [0.2, 0.25) is 0 Å². The molecular formula is C16H18N2O4. The van der Waals surface area contributed by atoms with Gasteiger partial charge in [-0.25, -0.2) is 4.79 Å². The van der Waals surface area contributed by atoms with Gasteiger partial charge in [0.25, 0.3) is 5.91 Å². The van der Waals surface area contributed by atoms with Crippen LogP contribution >= 0.6 is 0 Å². The summed E-state index contributed by atoms with van der Waals surface area (Å²) in [4.78, 5) is 27.7. The quantitative estimate of drug-likeness (QED) is 0.784. The summed E-state index contributed by atoms with van der Waals surface area (Å²) in [6.45, 7) is 2.76. The van der Waals surface area contributed by atoms with Crippen molar-refractivity contribution in [3.63, 3.8) is 0 Å². The molecule has 3 heterocycles. The minimum Gasteiger partial charge on any atom is -0.493 e. The van der Waals surface area contributed by atoms with Crippen molar-refractivity contribution < 1.29 is 19.1 Å². The van der Waals surface area contributed by atoms with Crippen molar-refractivity contribution in [3.05, 3.63) is 29.3 Å². The number of hydrogen-bond donors (Lipinski definition) is 0. The van der Waals surface area contributed by atoms with E-state index in [1.807, 2.05) is 23.1 Å². The molecule has 0 bridgehead atoms. The van der Waals surface area contributed by atoms with Crippen LogP contribution in [0.15, 0.2) is 18.2 Å². The van der Waals surface area contributed by atoms with Gasteiger partial charge in [-0.2, -0.15) is 0 Å². The van der Waals surface area contributed by atoms with Crippen LogP contribution in [0.5, 0.6) is 5.75 Å². The highest BCUT2D eigenvalue weighted by Gasteiger charge is 2.38. The molecule has 1 aromatic carbocycles. The van der Waals surface area contributed by atoms with Crippen molar-refractivity contribution in [2.45, 2.75) is 18.9 Å². The topological polar surface area (TPSA) is 59.1 Å². The van der Waals surface area contributed by atoms with E-state index in [0.717, 1.165) is 30.8 Å². The number of cyclic esters (lactones) is 1. The Hall–Kier alpha value is -2.24. The summed E-state index contributed by atoms with van der Waals surface area (Å²) in [6.07, 6.45) is 1.68. The van der Waals surface area contributed by atoms with E-state index in [0.29, 0.717) is 31.8 Å². The first-order valence-corrected chi connectivity index (χ1v) is 7.71. The lowest BCUT2D eigenvalue weighted by molar-refractivity contribution is 0.0616. The molecule has 0 N–H and O–H groups in total. The van der Waals surface area contributed by atoms with Gasteiger partial charge in [0.15, 0.2) is 0 Å². The Kier molecular flexibility index (Phi) is 3.17. The molecule has 6 heteroatoms. The number of carbonyl (C=O) groups excluding carboxylic acids is 2. The average molecular weight is 302 g/mol. The molecular weight excluding hydrogens is 284 g/mol. The van der Waals surface area contributed by atoms with Crippen LogP contribution in [0.2, 0.25) is 0 Å². The Morgan fingerprint density at radius 2 is 2.14 bits per heavy atom. The molecule has 0 aromatic heterocycles. The number of rotatable bonds is 1. The second kappa shape index (κ2) is 5.19. The zero-order valence-corrected chi connectivity index (χ0v) is 12.3. The van der Waals surface area contributed by atoms with Crippen LogP contribution in [-0.4, -0.2) is 60.7 Å². The van der Waals surface area contributed by atoms with Crippen molar-refractivity contribution >= 4 is 12.0 Å². The molecule has 22 heavy (non-hydrogen) atoms. The third kappa shape index (κ3) is 2.19. The summed E-state index contributed by atoms with van der Waals surface area (Å²) in [7, 11) is 0. The Labute approximate surface area is 128 Å². The van der Waals surface area contributed by atoms with Gasteiger partial charge in [0.1, 0.15) is 12.4 Å². The van der Waals surface area contributed by atoms with Gasteiger partial charge in [-0.05, 0) is 36.6 Å². The molecule has 2 fully saturated rings. The van der Waals surface area contributed by atoms with E-state index in [-0.39, 0.29) is 18.0 Å². The highest BCUT2D eigenvalue weighted by atomic mass is 16.6. The number of carbonyl (C=O) groups is 2. The van der Waals surface area contributed by atoms with Crippen LogP contribution in [0.3, 0.4) is 0 Å². The molecule has 0 spiro atoms. The van der Waals surface area contributed by atoms with E-state index >= 15 is 0 Å². The van der Waals surface area contributed by atoms with Crippen LogP contribution in [0.4, 0.5) is 4.79 Å². The maximum Gasteiger partial charge on any atom is 0.410 e. The minimum absolute atomic E-state index is 0.00818. The molecule has 1 unspecified atom stereocenters. The second-order valence-electron chi connectivity index (χ2n) is 5.95. The first kappa shape index (κ1) is 13.4. The standard InChI is InChI=1S/C16H18N2O4/c19-15(12-3-4-14-11(8-12)2-1-7-21-14)17-5-6-18-13(9-17)10-22-16(18)20/h3-4,8,13H,1-2,5-7,9-10H2. The van der Waals surface area contributed by atoms with Crippen molar-refractivity contribution in [1.29, 1.82) is 0 Å². The first-order valence-electron chi connectivity index (χ1n) is 7.71. The van der Waals surface area contributed by atoms with Crippen molar-refractivity contribution in [1.82, 2.24) is 9.80 Å². The van der Waals surface area contributed by atoms with E-state index in [2.05, 4.69) is 0 Å². The molecule has 116 valence electrons. The molecule has 6 nitrogen and oxygen atoms in total. The molecule has 3 aliphatic rings. The summed E-state index contributed by atoms with van der Waals surface area (Å²) in [5, 5.41) is 0. The number of piperazine rings is 1. The highest BCUT2D eigenvalue weighted by molar-refractivity contribution is 5.95. The second-order valence-corrected chi connectivity index (χ2v) is 5.95. The number of benzene rings is 1. The number of nitrogens with zero attached hydrogens (tertiary/aromatic N) is 2. The SMILES string of the molecule is O=C(c1ccc2c(c1)CCCO2)N1CCN2C(=O)OCC2C1. The minimum atomic E-state index is -0.261. The Morgan fingerprint density at radius 1 is 1.23 bits per heavy atom. The number of hydrogen-bond acceptors (Lipinski definition) is 4. The molecule has 1 atom stereocenters. The van der Waals surface area contributed by atoms with Gasteiger partial charge in [-0.15, -0.1) is 0 Å². The summed E-state index contributed by atoms with van der Waals surface area (Å²) in [5.41, 5.74) is 1.80. The molecule has 1 aromatic rings. The van der Waals surface area contributed by atoms with Gasteiger partial charge < -0.3 is 14.4 Å². The predicted molar refractivity (Wildman–Crippen MR) is 78.0 cm³/mol. The van der Waals surface area contributed by atoms with Crippen molar-refractivity contribution in [2.75, 3.05) is 32.8 Å². The Morgan fingerprint density at radius 3 is 3.05 bits per heavy atom. The third-order valence-electron chi connectivity index (χ3n) is 4.56. The zero-order valence-electron chi connectivity index (χ0n) is 12.3. The van der Waals surface area contributed by atoms with Crippen molar-refractivity contribution in [2.24, 2.45) is 0 Å². The fourth-order valence-electron chi connectivity index (χ4n) is 3.35. The molecule has 4 rings (SSSR count). The van der Waals surface area contributed by atoms with Crippen molar-refractivity contribution in [3.8, 4) is 5.75 Å². The summed E-state index contributed by atoms with van der Waals surface area (Å²) < 4.78 is 10.6. The van der Waals surface area contributed by atoms with E-state index < -0.39 is 0 Å². The van der Waals surface area contributed by atoms with Crippen LogP contribution in [0, 0.1) is 0 Å². The van der Waals surface area contributed by atoms with Crippen LogP contribution in [0.25, 0.3) is 0 Å². The summed E-state index contributed by atoms with van der Waals surface area (Å²) in [5.74, 6) is 0.912. The van der Waals surface area contributed by atoms with E-state index in [4.69, 9.17) is 9.47 Å². The van der Waals surface area contributed by atoms with Gasteiger partial charge in [0, 0.05) is 25.2 Å². The smallest absolute Gasteiger partial charge is 0.410 e. The van der Waals surface area contributed by atoms with Gasteiger partial charge in [-0.3, -0.25) is 9.69 Å². The lowest BCUT2D eigenvalue weighted by atomic mass is 10.0. The van der Waals surface area contributed by atoms with E-state index in [9.17, 15) is 9.59 Å². The lowest BCUT2D eigenvalue weighted by Crippen LogP contribution is -2.53. The number of ether oxygens (including phenoxy) is 2. The monoisotopic (exact) mass is 302 g/mol. The van der Waals surface area contributed by atoms with E-state index in [1.165, 1.54) is 0 Å². The van der Waals surface area contributed by atoms with E-state index in [1.54, 1.807) is 4.90 Å². The van der Waals surface area contributed by atoms with Crippen LogP contribution in [-0.2, 0) is 11.2 Å². The van der Waals surface area contributed by atoms with Gasteiger partial charge in [0.05, 0.1) is 12.6 Å². The largest absolute Gasteiger partial charge is 0.493 e. The summed E-state index contributed by atoms with van der Waals surface area (Å²) >= 11 is 0. The maximum atomic E-state index is 12.7. The normalized spacial score (nSPS) is 23.5. The highest BCUT2D eigenvalue weighted by Crippen LogP contribution is 2.27. The maximum absolute atomic E-state index is 12.7. The molecule has 0 aliphatic carbocycles. The number of aryl methyl sites for hydroxylation is 1. The Balaban J connectivity index is 1.51. The van der Waals surface area contributed by atoms with Crippen LogP contribution in [0.1, 0.15) is 22.3 Å². The molecule has 0 saturated carbocycles. The average Bonchev–Trinajstić information content (AvgIpc) is 2.94. The van der Waals surface area contributed by atoms with Gasteiger partial charge in [-0.1, -0.05) is 0 Å². The van der Waals surface area contributed by atoms with Gasteiger partial charge >= 0.3 is 6.09 Å². The lowest BCUT2D eigenvalue weighted by Gasteiger charge is -2.35. The predicted octanol–water partition coefficient (Wildman–Crippen LogP) is 1.29. The molecule has 2 saturated heterocycles. The first-order chi connectivity index (χ1) is 10.7. The molecule has 3 aliphatic heterocycles.